The van der Waals surface area contributed by atoms with E-state index >= 15 is 0 Å². The molecule has 2 rings (SSSR count). The molecule has 1 amide bonds. The summed E-state index contributed by atoms with van der Waals surface area (Å²) in [6.07, 6.45) is 0.200. The second-order valence-corrected chi connectivity index (χ2v) is 4.67. The van der Waals surface area contributed by atoms with Gasteiger partial charge >= 0.3 is 0 Å². The van der Waals surface area contributed by atoms with E-state index in [9.17, 15) is 9.18 Å². The van der Waals surface area contributed by atoms with E-state index in [1.165, 1.54) is 24.3 Å². The van der Waals surface area contributed by atoms with E-state index in [1.54, 1.807) is 12.1 Å². The van der Waals surface area contributed by atoms with Gasteiger partial charge in [-0.25, -0.2) is 4.39 Å². The van der Waals surface area contributed by atoms with Gasteiger partial charge in [-0.2, -0.15) is 0 Å². The molecule has 0 spiro atoms. The van der Waals surface area contributed by atoms with E-state index in [4.69, 9.17) is 10.5 Å². The molecule has 5 heteroatoms. The number of benzene rings is 2. The van der Waals surface area contributed by atoms with Crippen LogP contribution in [-0.4, -0.2) is 12.5 Å². The lowest BCUT2D eigenvalue weighted by Crippen LogP contribution is -2.16. The van der Waals surface area contributed by atoms with Crippen LogP contribution in [0.25, 0.3) is 0 Å². The van der Waals surface area contributed by atoms with Crippen LogP contribution in [0.5, 0.6) is 5.75 Å². The molecule has 0 radical (unpaired) electrons. The number of nitrogens with one attached hydrogen (secondary N) is 1. The molecule has 0 aliphatic rings. The minimum absolute atomic E-state index is 0.161. The highest BCUT2D eigenvalue weighted by atomic mass is 19.1. The average Bonchev–Trinajstić information content (AvgIpc) is 2.45. The third-order valence-corrected chi connectivity index (χ3v) is 2.95. The quantitative estimate of drug-likeness (QED) is 0.831. The van der Waals surface area contributed by atoms with Crippen molar-refractivity contribution in [1.82, 2.24) is 0 Å². The maximum atomic E-state index is 12.7. The SMILES string of the molecule is Cc1ccc(N)cc1NC(=O)CCOc1ccc(F)cc1. The molecule has 2 aromatic carbocycles. The zero-order valence-corrected chi connectivity index (χ0v) is 11.7. The topological polar surface area (TPSA) is 64.3 Å². The summed E-state index contributed by atoms with van der Waals surface area (Å²) in [4.78, 5) is 11.8. The summed E-state index contributed by atoms with van der Waals surface area (Å²) in [7, 11) is 0. The third kappa shape index (κ3) is 4.49. The summed E-state index contributed by atoms with van der Waals surface area (Å²) in [6, 6.07) is 11.0. The van der Waals surface area contributed by atoms with Gasteiger partial charge in [0.15, 0.2) is 0 Å². The lowest BCUT2D eigenvalue weighted by atomic mass is 10.2. The van der Waals surface area contributed by atoms with Crippen LogP contribution in [0.1, 0.15) is 12.0 Å². The molecule has 0 bridgehead atoms. The molecule has 3 N–H and O–H groups in total. The fourth-order valence-corrected chi connectivity index (χ4v) is 1.78. The van der Waals surface area contributed by atoms with Crippen LogP contribution in [0.3, 0.4) is 0 Å². The number of halogens is 1. The van der Waals surface area contributed by atoms with Gasteiger partial charge in [0.05, 0.1) is 13.0 Å². The number of hydrogen-bond acceptors (Lipinski definition) is 3. The van der Waals surface area contributed by atoms with Crippen molar-refractivity contribution >= 4 is 17.3 Å². The van der Waals surface area contributed by atoms with Crippen LogP contribution in [0, 0.1) is 12.7 Å². The summed E-state index contributed by atoms with van der Waals surface area (Å²) in [5.41, 5.74) is 7.92. The number of carbonyl (C=O) groups excluding carboxylic acids is 1. The zero-order chi connectivity index (χ0) is 15.2. The standard InChI is InChI=1S/C16H17FN2O2/c1-11-2-5-13(18)10-15(11)19-16(20)8-9-21-14-6-3-12(17)4-7-14/h2-7,10H,8-9,18H2,1H3,(H,19,20). The lowest BCUT2D eigenvalue weighted by molar-refractivity contribution is -0.116. The highest BCUT2D eigenvalue weighted by Gasteiger charge is 2.06. The second-order valence-electron chi connectivity index (χ2n) is 4.67. The maximum absolute atomic E-state index is 12.7. The van der Waals surface area contributed by atoms with E-state index in [-0.39, 0.29) is 24.8 Å². The van der Waals surface area contributed by atoms with Crippen molar-refractivity contribution in [3.63, 3.8) is 0 Å². The van der Waals surface area contributed by atoms with Crippen LogP contribution >= 0.6 is 0 Å². The number of carbonyl (C=O) groups is 1. The summed E-state index contributed by atoms with van der Waals surface area (Å²) in [5.74, 6) is 0.0485. The van der Waals surface area contributed by atoms with Crippen molar-refractivity contribution in [3.05, 3.63) is 53.8 Å². The number of nitrogen functional groups attached to an aromatic ring is 1. The van der Waals surface area contributed by atoms with Crippen molar-refractivity contribution in [3.8, 4) is 5.75 Å². The monoisotopic (exact) mass is 288 g/mol. The average molecular weight is 288 g/mol. The Morgan fingerprint density at radius 2 is 1.95 bits per heavy atom. The Bertz CT molecular complexity index is 627. The third-order valence-electron chi connectivity index (χ3n) is 2.95. The van der Waals surface area contributed by atoms with Crippen LogP contribution in [0.2, 0.25) is 0 Å². The second kappa shape index (κ2) is 6.74. The van der Waals surface area contributed by atoms with E-state index in [0.717, 1.165) is 5.56 Å². The van der Waals surface area contributed by atoms with Crippen molar-refractivity contribution < 1.29 is 13.9 Å². The van der Waals surface area contributed by atoms with E-state index in [0.29, 0.717) is 17.1 Å². The first-order chi connectivity index (χ1) is 10.0. The number of nitrogens with two attached hydrogens (primary N) is 1. The van der Waals surface area contributed by atoms with Gasteiger partial charge in [-0.3, -0.25) is 4.79 Å². The Balaban J connectivity index is 1.82. The Hall–Kier alpha value is -2.56. The maximum Gasteiger partial charge on any atom is 0.227 e. The number of ether oxygens (including phenoxy) is 1. The van der Waals surface area contributed by atoms with Crippen molar-refractivity contribution in [2.45, 2.75) is 13.3 Å². The highest BCUT2D eigenvalue weighted by Crippen LogP contribution is 2.18. The van der Waals surface area contributed by atoms with Gasteiger partial charge in [0, 0.05) is 11.4 Å². The van der Waals surface area contributed by atoms with Crippen molar-refractivity contribution in [2.75, 3.05) is 17.7 Å². The molecule has 2 aromatic rings. The number of hydrogen-bond donors (Lipinski definition) is 2. The number of amides is 1. The van der Waals surface area contributed by atoms with Gasteiger partial charge in [-0.1, -0.05) is 6.07 Å². The van der Waals surface area contributed by atoms with Crippen LogP contribution < -0.4 is 15.8 Å². The summed E-state index contributed by atoms with van der Waals surface area (Å²) in [6.45, 7) is 2.11. The Kier molecular flexibility index (Phi) is 4.77. The van der Waals surface area contributed by atoms with Gasteiger partial charge in [0.2, 0.25) is 5.91 Å². The Labute approximate surface area is 122 Å². The predicted octanol–water partition coefficient (Wildman–Crippen LogP) is 3.12. The molecular formula is C16H17FN2O2. The van der Waals surface area contributed by atoms with E-state index in [2.05, 4.69) is 5.32 Å². The van der Waals surface area contributed by atoms with E-state index < -0.39 is 0 Å². The molecule has 0 aliphatic heterocycles. The first-order valence-corrected chi connectivity index (χ1v) is 6.59. The molecule has 0 unspecified atom stereocenters. The number of aryl methyl sites for hydroxylation is 1. The number of rotatable bonds is 5. The molecular weight excluding hydrogens is 271 g/mol. The van der Waals surface area contributed by atoms with Gasteiger partial charge in [0.1, 0.15) is 11.6 Å². The lowest BCUT2D eigenvalue weighted by Gasteiger charge is -2.10. The normalized spacial score (nSPS) is 10.2. The Morgan fingerprint density at radius 1 is 1.24 bits per heavy atom. The van der Waals surface area contributed by atoms with Crippen molar-refractivity contribution in [2.24, 2.45) is 0 Å². The van der Waals surface area contributed by atoms with Gasteiger partial charge in [0.25, 0.3) is 0 Å². The smallest absolute Gasteiger partial charge is 0.227 e. The summed E-state index contributed by atoms with van der Waals surface area (Å²) < 4.78 is 18.1. The summed E-state index contributed by atoms with van der Waals surface area (Å²) >= 11 is 0. The Morgan fingerprint density at radius 3 is 2.67 bits per heavy atom. The predicted molar refractivity (Wildman–Crippen MR) is 80.7 cm³/mol. The number of anilines is 2. The molecule has 0 atom stereocenters. The molecule has 110 valence electrons. The van der Waals surface area contributed by atoms with Crippen LogP contribution in [0.15, 0.2) is 42.5 Å². The highest BCUT2D eigenvalue weighted by molar-refractivity contribution is 5.92. The molecule has 4 nitrogen and oxygen atoms in total. The molecule has 0 saturated heterocycles. The first kappa shape index (κ1) is 14.8. The minimum Gasteiger partial charge on any atom is -0.493 e. The van der Waals surface area contributed by atoms with E-state index in [1.807, 2.05) is 13.0 Å². The molecule has 0 aliphatic carbocycles. The van der Waals surface area contributed by atoms with Gasteiger partial charge < -0.3 is 15.8 Å². The molecule has 0 saturated carbocycles. The van der Waals surface area contributed by atoms with Gasteiger partial charge in [-0.05, 0) is 48.9 Å². The largest absolute Gasteiger partial charge is 0.493 e. The molecule has 0 fully saturated rings. The molecule has 0 heterocycles. The zero-order valence-electron chi connectivity index (χ0n) is 11.7. The fourth-order valence-electron chi connectivity index (χ4n) is 1.78. The summed E-state index contributed by atoms with van der Waals surface area (Å²) in [5, 5.41) is 2.79. The van der Waals surface area contributed by atoms with Crippen molar-refractivity contribution in [1.29, 1.82) is 0 Å². The molecule has 0 aromatic heterocycles. The van der Waals surface area contributed by atoms with Crippen LogP contribution in [-0.2, 0) is 4.79 Å². The molecule has 21 heavy (non-hydrogen) atoms. The fraction of sp³-hybridized carbons (Fsp3) is 0.188. The first-order valence-electron chi connectivity index (χ1n) is 6.59. The van der Waals surface area contributed by atoms with Crippen LogP contribution in [0.4, 0.5) is 15.8 Å². The van der Waals surface area contributed by atoms with Gasteiger partial charge in [-0.15, -0.1) is 0 Å². The minimum atomic E-state index is -0.322.